The third-order valence-electron chi connectivity index (χ3n) is 1.48. The van der Waals surface area contributed by atoms with Gasteiger partial charge in [-0.2, -0.15) is 0 Å². The van der Waals surface area contributed by atoms with E-state index in [1.54, 1.807) is 0 Å². The van der Waals surface area contributed by atoms with Crippen LogP contribution in [0.1, 0.15) is 17.6 Å². The van der Waals surface area contributed by atoms with Gasteiger partial charge in [-0.1, -0.05) is 11.6 Å². The lowest BCUT2D eigenvalue weighted by Crippen LogP contribution is -1.90. The fourth-order valence-electron chi connectivity index (χ4n) is 0.910. The van der Waals surface area contributed by atoms with E-state index in [1.807, 2.05) is 0 Å². The van der Waals surface area contributed by atoms with E-state index >= 15 is 0 Å². The van der Waals surface area contributed by atoms with E-state index in [-0.39, 0.29) is 5.02 Å². The Bertz CT molecular complexity index is 297. The fourth-order valence-corrected chi connectivity index (χ4v) is 1.10. The average molecular weight is 195 g/mol. The van der Waals surface area contributed by atoms with Crippen molar-refractivity contribution in [3.05, 3.63) is 34.1 Å². The van der Waals surface area contributed by atoms with Crippen LogP contribution < -0.4 is 0 Å². The highest BCUT2D eigenvalue weighted by Crippen LogP contribution is 2.30. The van der Waals surface area contributed by atoms with Gasteiger partial charge in [-0.15, -0.1) is 0 Å². The van der Waals surface area contributed by atoms with Gasteiger partial charge in [0.15, 0.2) is 0 Å². The van der Waals surface area contributed by atoms with Crippen molar-refractivity contribution in [2.45, 2.75) is 13.3 Å². The molecule has 4 heteroatoms. The Morgan fingerprint density at radius 3 is 2.42 bits per heavy atom. The minimum absolute atomic E-state index is 0.0635. The molecule has 0 bridgehead atoms. The summed E-state index contributed by atoms with van der Waals surface area (Å²) < 4.78 is 36.8. The summed E-state index contributed by atoms with van der Waals surface area (Å²) in [7, 11) is 0. The van der Waals surface area contributed by atoms with Crippen LogP contribution in [0.25, 0.3) is 0 Å². The summed E-state index contributed by atoms with van der Waals surface area (Å²) >= 11 is 5.51. The SMILES string of the molecule is Cc1cc(F)cc(C(F)F)c1Cl. The lowest BCUT2D eigenvalue weighted by atomic mass is 10.1. The van der Waals surface area contributed by atoms with Gasteiger partial charge in [0.05, 0.1) is 5.02 Å². The van der Waals surface area contributed by atoms with Gasteiger partial charge in [-0.25, -0.2) is 13.2 Å². The average Bonchev–Trinajstić information content (AvgIpc) is 1.96. The molecule has 0 saturated carbocycles. The largest absolute Gasteiger partial charge is 0.265 e. The third-order valence-corrected chi connectivity index (χ3v) is 2.00. The number of alkyl halides is 2. The van der Waals surface area contributed by atoms with E-state index in [0.29, 0.717) is 5.56 Å². The summed E-state index contributed by atoms with van der Waals surface area (Å²) in [5, 5.41) is -0.0635. The molecular weight excluding hydrogens is 189 g/mol. The minimum atomic E-state index is -2.73. The second-order valence-electron chi connectivity index (χ2n) is 2.43. The first-order valence-electron chi connectivity index (χ1n) is 3.26. The molecule has 0 N–H and O–H groups in total. The molecule has 0 radical (unpaired) electrons. The van der Waals surface area contributed by atoms with Gasteiger partial charge in [0.1, 0.15) is 5.82 Å². The van der Waals surface area contributed by atoms with Gasteiger partial charge in [-0.05, 0) is 24.6 Å². The van der Waals surface area contributed by atoms with Gasteiger partial charge in [0.2, 0.25) is 0 Å². The van der Waals surface area contributed by atoms with Crippen molar-refractivity contribution in [3.8, 4) is 0 Å². The zero-order valence-corrected chi connectivity index (χ0v) is 7.00. The Morgan fingerprint density at radius 1 is 1.33 bits per heavy atom. The Hall–Kier alpha value is -0.700. The summed E-state index contributed by atoms with van der Waals surface area (Å²) in [6.45, 7) is 1.48. The molecule has 0 spiro atoms. The smallest absolute Gasteiger partial charge is 0.207 e. The Morgan fingerprint density at radius 2 is 1.92 bits per heavy atom. The molecule has 0 unspecified atom stereocenters. The van der Waals surface area contributed by atoms with Crippen LogP contribution in [0.15, 0.2) is 12.1 Å². The number of rotatable bonds is 1. The van der Waals surface area contributed by atoms with Gasteiger partial charge < -0.3 is 0 Å². The highest BCUT2D eigenvalue weighted by Gasteiger charge is 2.14. The summed E-state index contributed by atoms with van der Waals surface area (Å²) in [5.74, 6) is -0.688. The normalized spacial score (nSPS) is 10.8. The predicted octanol–water partition coefficient (Wildman–Crippen LogP) is 3.73. The number of benzene rings is 1. The molecule has 0 aromatic heterocycles. The standard InChI is InChI=1S/C8H6ClF3/c1-4-2-5(10)3-6(7(4)9)8(11)12/h2-3,8H,1H3. The number of halogens is 4. The highest BCUT2D eigenvalue weighted by molar-refractivity contribution is 6.32. The quantitative estimate of drug-likeness (QED) is 0.639. The first-order valence-corrected chi connectivity index (χ1v) is 3.64. The van der Waals surface area contributed by atoms with E-state index in [9.17, 15) is 13.2 Å². The van der Waals surface area contributed by atoms with Gasteiger partial charge in [0.25, 0.3) is 6.43 Å². The highest BCUT2D eigenvalue weighted by atomic mass is 35.5. The first kappa shape index (κ1) is 9.39. The minimum Gasteiger partial charge on any atom is -0.207 e. The molecule has 1 rings (SSSR count). The second-order valence-corrected chi connectivity index (χ2v) is 2.80. The molecule has 0 heterocycles. The van der Waals surface area contributed by atoms with E-state index < -0.39 is 17.8 Å². The molecular formula is C8H6ClF3. The van der Waals surface area contributed by atoms with Crippen LogP contribution in [0, 0.1) is 12.7 Å². The topological polar surface area (TPSA) is 0 Å². The van der Waals surface area contributed by atoms with Crippen molar-refractivity contribution in [2.75, 3.05) is 0 Å². The predicted molar refractivity (Wildman–Crippen MR) is 41.1 cm³/mol. The van der Waals surface area contributed by atoms with Crippen LogP contribution in [0.4, 0.5) is 13.2 Å². The Labute approximate surface area is 73.0 Å². The maximum atomic E-state index is 12.6. The molecule has 0 aliphatic carbocycles. The summed E-state index contributed by atoms with van der Waals surface area (Å²) in [5.41, 5.74) is -0.124. The zero-order chi connectivity index (χ0) is 9.30. The maximum Gasteiger partial charge on any atom is 0.265 e. The number of hydrogen-bond donors (Lipinski definition) is 0. The van der Waals surface area contributed by atoms with Crippen LogP contribution in [0.2, 0.25) is 5.02 Å². The van der Waals surface area contributed by atoms with Crippen LogP contribution in [-0.4, -0.2) is 0 Å². The van der Waals surface area contributed by atoms with Crippen molar-refractivity contribution in [1.29, 1.82) is 0 Å². The molecule has 66 valence electrons. The van der Waals surface area contributed by atoms with E-state index in [2.05, 4.69) is 0 Å². The first-order chi connectivity index (χ1) is 5.52. The molecule has 0 amide bonds. The summed E-state index contributed by atoms with van der Waals surface area (Å²) in [4.78, 5) is 0. The van der Waals surface area contributed by atoms with Crippen LogP contribution in [-0.2, 0) is 0 Å². The maximum absolute atomic E-state index is 12.6. The molecule has 1 aromatic carbocycles. The zero-order valence-electron chi connectivity index (χ0n) is 6.24. The summed E-state index contributed by atoms with van der Waals surface area (Å²) in [6, 6.07) is 1.87. The molecule has 0 fully saturated rings. The van der Waals surface area contributed by atoms with E-state index in [0.717, 1.165) is 12.1 Å². The van der Waals surface area contributed by atoms with Crippen LogP contribution in [0.5, 0.6) is 0 Å². The van der Waals surface area contributed by atoms with Gasteiger partial charge >= 0.3 is 0 Å². The molecule has 12 heavy (non-hydrogen) atoms. The molecule has 0 aliphatic heterocycles. The molecule has 0 nitrogen and oxygen atoms in total. The van der Waals surface area contributed by atoms with Crippen molar-refractivity contribution >= 4 is 11.6 Å². The summed E-state index contributed by atoms with van der Waals surface area (Å²) in [6.07, 6.45) is -2.73. The molecule has 0 atom stereocenters. The molecule has 0 saturated heterocycles. The monoisotopic (exact) mass is 194 g/mol. The van der Waals surface area contributed by atoms with Gasteiger partial charge in [-0.3, -0.25) is 0 Å². The molecule has 0 aliphatic rings. The van der Waals surface area contributed by atoms with E-state index in [4.69, 9.17) is 11.6 Å². The van der Waals surface area contributed by atoms with Crippen molar-refractivity contribution in [2.24, 2.45) is 0 Å². The third kappa shape index (κ3) is 1.72. The van der Waals surface area contributed by atoms with Crippen LogP contribution >= 0.6 is 11.6 Å². The molecule has 1 aromatic rings. The lowest BCUT2D eigenvalue weighted by Gasteiger charge is -2.05. The Balaban J connectivity index is 3.28. The fraction of sp³-hybridized carbons (Fsp3) is 0.250. The lowest BCUT2D eigenvalue weighted by molar-refractivity contribution is 0.151. The second kappa shape index (κ2) is 3.35. The van der Waals surface area contributed by atoms with Crippen molar-refractivity contribution in [3.63, 3.8) is 0 Å². The Kier molecular flexibility index (Phi) is 2.62. The van der Waals surface area contributed by atoms with Gasteiger partial charge in [0, 0.05) is 5.56 Å². The number of aryl methyl sites for hydroxylation is 1. The number of hydrogen-bond acceptors (Lipinski definition) is 0. The van der Waals surface area contributed by atoms with Crippen molar-refractivity contribution < 1.29 is 13.2 Å². The van der Waals surface area contributed by atoms with E-state index in [1.165, 1.54) is 6.92 Å². The van der Waals surface area contributed by atoms with Crippen LogP contribution in [0.3, 0.4) is 0 Å². The van der Waals surface area contributed by atoms with Crippen molar-refractivity contribution in [1.82, 2.24) is 0 Å².